The lowest BCUT2D eigenvalue weighted by molar-refractivity contribution is 0.0992. The highest BCUT2D eigenvalue weighted by molar-refractivity contribution is 9.10. The Bertz CT molecular complexity index is 289. The topological polar surface area (TPSA) is 80.4 Å². The SMILES string of the molecule is Nc1cncc(Br)c1NCCOCCO. The number of halogens is 1. The van der Waals surface area contributed by atoms with Crippen molar-refractivity contribution in [1.29, 1.82) is 0 Å². The van der Waals surface area contributed by atoms with Gasteiger partial charge in [0.25, 0.3) is 0 Å². The molecule has 1 rings (SSSR count). The van der Waals surface area contributed by atoms with Crippen LogP contribution in [0.25, 0.3) is 0 Å². The monoisotopic (exact) mass is 275 g/mol. The first-order valence-electron chi connectivity index (χ1n) is 4.57. The van der Waals surface area contributed by atoms with Crippen molar-refractivity contribution in [2.45, 2.75) is 0 Å². The second kappa shape index (κ2) is 6.60. The van der Waals surface area contributed by atoms with Crippen molar-refractivity contribution in [2.24, 2.45) is 0 Å². The first-order valence-corrected chi connectivity index (χ1v) is 5.36. The van der Waals surface area contributed by atoms with Crippen LogP contribution in [0.5, 0.6) is 0 Å². The minimum atomic E-state index is 0.0427. The largest absolute Gasteiger partial charge is 0.396 e. The van der Waals surface area contributed by atoms with Crippen molar-refractivity contribution in [3.63, 3.8) is 0 Å². The predicted molar refractivity (Wildman–Crippen MR) is 62.7 cm³/mol. The molecule has 1 aromatic heterocycles. The third-order valence-electron chi connectivity index (χ3n) is 1.71. The standard InChI is InChI=1S/C9H14BrN3O2/c10-7-5-12-6-8(11)9(7)13-1-3-15-4-2-14/h5-6,14H,1-4,11H2,(H,12,13). The quantitative estimate of drug-likeness (QED) is 0.671. The highest BCUT2D eigenvalue weighted by Gasteiger charge is 2.03. The van der Waals surface area contributed by atoms with Crippen molar-refractivity contribution in [3.05, 3.63) is 16.9 Å². The maximum atomic E-state index is 8.49. The molecule has 1 aromatic rings. The number of nitrogens with one attached hydrogen (secondary N) is 1. The highest BCUT2D eigenvalue weighted by atomic mass is 79.9. The molecule has 0 saturated heterocycles. The lowest BCUT2D eigenvalue weighted by Gasteiger charge is -2.10. The van der Waals surface area contributed by atoms with E-state index in [-0.39, 0.29) is 6.61 Å². The molecule has 0 aliphatic carbocycles. The van der Waals surface area contributed by atoms with Crippen LogP contribution in [0.15, 0.2) is 16.9 Å². The molecule has 0 amide bonds. The van der Waals surface area contributed by atoms with Crippen molar-refractivity contribution < 1.29 is 9.84 Å². The van der Waals surface area contributed by atoms with E-state index >= 15 is 0 Å². The second-order valence-electron chi connectivity index (χ2n) is 2.85. The molecule has 5 nitrogen and oxygen atoms in total. The molecule has 6 heteroatoms. The third kappa shape index (κ3) is 4.03. The molecule has 0 aliphatic heterocycles. The van der Waals surface area contributed by atoms with Crippen LogP contribution in [0.4, 0.5) is 11.4 Å². The molecular formula is C9H14BrN3O2. The number of aliphatic hydroxyl groups is 1. The smallest absolute Gasteiger partial charge is 0.0750 e. The Morgan fingerprint density at radius 1 is 1.47 bits per heavy atom. The zero-order chi connectivity index (χ0) is 11.1. The van der Waals surface area contributed by atoms with Crippen molar-refractivity contribution in [3.8, 4) is 0 Å². The van der Waals surface area contributed by atoms with Gasteiger partial charge >= 0.3 is 0 Å². The number of nitrogens with zero attached hydrogens (tertiary/aromatic N) is 1. The Balaban J connectivity index is 2.37. The van der Waals surface area contributed by atoms with Gasteiger partial charge in [-0.2, -0.15) is 0 Å². The molecule has 0 radical (unpaired) electrons. The zero-order valence-corrected chi connectivity index (χ0v) is 9.83. The fraction of sp³-hybridized carbons (Fsp3) is 0.444. The van der Waals surface area contributed by atoms with E-state index < -0.39 is 0 Å². The van der Waals surface area contributed by atoms with E-state index in [1.165, 1.54) is 0 Å². The highest BCUT2D eigenvalue weighted by Crippen LogP contribution is 2.26. The molecule has 0 fully saturated rings. The summed E-state index contributed by atoms with van der Waals surface area (Å²) in [6, 6.07) is 0. The van der Waals surface area contributed by atoms with Crippen molar-refractivity contribution in [2.75, 3.05) is 37.4 Å². The fourth-order valence-corrected chi connectivity index (χ4v) is 1.54. The number of aliphatic hydroxyl groups excluding tert-OH is 1. The van der Waals surface area contributed by atoms with Crippen LogP contribution < -0.4 is 11.1 Å². The number of rotatable bonds is 6. The summed E-state index contributed by atoms with van der Waals surface area (Å²) in [7, 11) is 0. The van der Waals surface area contributed by atoms with Crippen LogP contribution in [0.3, 0.4) is 0 Å². The third-order valence-corrected chi connectivity index (χ3v) is 2.31. The predicted octanol–water partition coefficient (Wildman–Crippen LogP) is 0.847. The Hall–Kier alpha value is -0.850. The molecule has 0 unspecified atom stereocenters. The number of nitrogens with two attached hydrogens (primary N) is 1. The molecule has 0 saturated carbocycles. The number of nitrogen functional groups attached to an aromatic ring is 1. The van der Waals surface area contributed by atoms with E-state index in [2.05, 4.69) is 26.2 Å². The molecule has 0 aromatic carbocycles. The van der Waals surface area contributed by atoms with Crippen molar-refractivity contribution in [1.82, 2.24) is 4.98 Å². The average Bonchev–Trinajstić information content (AvgIpc) is 2.21. The minimum Gasteiger partial charge on any atom is -0.396 e. The lowest BCUT2D eigenvalue weighted by atomic mass is 10.3. The molecule has 1 heterocycles. The van der Waals surface area contributed by atoms with E-state index in [1.54, 1.807) is 12.4 Å². The first kappa shape index (κ1) is 12.2. The van der Waals surface area contributed by atoms with Crippen molar-refractivity contribution >= 4 is 27.3 Å². The van der Waals surface area contributed by atoms with Crippen LogP contribution in [-0.2, 0) is 4.74 Å². The summed E-state index contributed by atoms with van der Waals surface area (Å²) in [5, 5.41) is 11.6. The van der Waals surface area contributed by atoms with Gasteiger partial charge in [-0.25, -0.2) is 0 Å². The van der Waals surface area contributed by atoms with Gasteiger partial charge in [-0.1, -0.05) is 0 Å². The van der Waals surface area contributed by atoms with Crippen LogP contribution in [0.1, 0.15) is 0 Å². The van der Waals surface area contributed by atoms with Gasteiger partial charge in [-0.3, -0.25) is 4.98 Å². The Labute approximate surface area is 96.8 Å². The summed E-state index contributed by atoms with van der Waals surface area (Å²) in [6.07, 6.45) is 3.26. The van der Waals surface area contributed by atoms with Gasteiger partial charge in [0.15, 0.2) is 0 Å². The van der Waals surface area contributed by atoms with Crippen LogP contribution >= 0.6 is 15.9 Å². The molecule has 0 spiro atoms. The maximum absolute atomic E-state index is 8.49. The summed E-state index contributed by atoms with van der Waals surface area (Å²) in [5.74, 6) is 0. The van der Waals surface area contributed by atoms with E-state index in [0.717, 1.165) is 10.2 Å². The van der Waals surface area contributed by atoms with Crippen LogP contribution in [-0.4, -0.2) is 36.5 Å². The van der Waals surface area contributed by atoms with E-state index in [0.29, 0.717) is 25.4 Å². The number of hydrogen-bond donors (Lipinski definition) is 3. The maximum Gasteiger partial charge on any atom is 0.0750 e. The number of ether oxygens (including phenoxy) is 1. The molecule has 0 bridgehead atoms. The lowest BCUT2D eigenvalue weighted by Crippen LogP contribution is -2.12. The average molecular weight is 276 g/mol. The molecule has 4 N–H and O–H groups in total. The van der Waals surface area contributed by atoms with Gasteiger partial charge in [0.1, 0.15) is 0 Å². The Kier molecular flexibility index (Phi) is 5.38. The van der Waals surface area contributed by atoms with Gasteiger partial charge in [-0.05, 0) is 15.9 Å². The number of hydrogen-bond acceptors (Lipinski definition) is 5. The molecule has 84 valence electrons. The fourth-order valence-electron chi connectivity index (χ4n) is 1.05. The summed E-state index contributed by atoms with van der Waals surface area (Å²) in [4.78, 5) is 3.93. The summed E-state index contributed by atoms with van der Waals surface area (Å²) in [5.41, 5.74) is 7.13. The van der Waals surface area contributed by atoms with E-state index in [1.807, 2.05) is 0 Å². The molecule has 0 aliphatic rings. The summed E-state index contributed by atoms with van der Waals surface area (Å²) < 4.78 is 5.92. The minimum absolute atomic E-state index is 0.0427. The Morgan fingerprint density at radius 2 is 2.27 bits per heavy atom. The molecule has 0 atom stereocenters. The van der Waals surface area contributed by atoms with E-state index in [4.69, 9.17) is 15.6 Å². The zero-order valence-electron chi connectivity index (χ0n) is 8.24. The van der Waals surface area contributed by atoms with Gasteiger partial charge < -0.3 is 20.9 Å². The molecular weight excluding hydrogens is 262 g/mol. The van der Waals surface area contributed by atoms with Gasteiger partial charge in [0.2, 0.25) is 0 Å². The number of anilines is 2. The van der Waals surface area contributed by atoms with Crippen LogP contribution in [0.2, 0.25) is 0 Å². The first-order chi connectivity index (χ1) is 7.25. The van der Waals surface area contributed by atoms with Crippen LogP contribution in [0, 0.1) is 0 Å². The van der Waals surface area contributed by atoms with Gasteiger partial charge in [0, 0.05) is 12.7 Å². The second-order valence-corrected chi connectivity index (χ2v) is 3.70. The van der Waals surface area contributed by atoms with Gasteiger partial charge in [-0.15, -0.1) is 0 Å². The van der Waals surface area contributed by atoms with Gasteiger partial charge in [0.05, 0.1) is 41.9 Å². The Morgan fingerprint density at radius 3 is 2.93 bits per heavy atom. The normalized spacial score (nSPS) is 10.3. The number of pyridine rings is 1. The summed E-state index contributed by atoms with van der Waals surface area (Å²) >= 11 is 3.34. The summed E-state index contributed by atoms with van der Waals surface area (Å²) in [6.45, 7) is 1.55. The number of aromatic nitrogens is 1. The molecule has 15 heavy (non-hydrogen) atoms. The van der Waals surface area contributed by atoms with E-state index in [9.17, 15) is 0 Å².